The number of amides is 3. The largest absolute Gasteiger partial charge is 0.338 e. The predicted octanol–water partition coefficient (Wildman–Crippen LogP) is 2.41. The van der Waals surface area contributed by atoms with Crippen molar-refractivity contribution in [3.8, 4) is 0 Å². The zero-order valence-electron chi connectivity index (χ0n) is 16.3. The highest BCUT2D eigenvalue weighted by Crippen LogP contribution is 2.18. The van der Waals surface area contributed by atoms with Gasteiger partial charge in [0.25, 0.3) is 0 Å². The maximum Gasteiger partial charge on any atom is 0.315 e. The van der Waals surface area contributed by atoms with E-state index in [2.05, 4.69) is 26.0 Å². The van der Waals surface area contributed by atoms with E-state index in [0.29, 0.717) is 11.9 Å². The van der Waals surface area contributed by atoms with Crippen LogP contribution in [0, 0.1) is 6.92 Å². The number of carbonyl (C=O) groups is 2. The summed E-state index contributed by atoms with van der Waals surface area (Å²) in [6, 6.07) is 1.88. The molecule has 0 spiro atoms. The van der Waals surface area contributed by atoms with Crippen molar-refractivity contribution in [1.82, 2.24) is 20.7 Å². The molecule has 2 aliphatic rings. The molecule has 3 amide bonds. The third-order valence-electron chi connectivity index (χ3n) is 5.61. The minimum absolute atomic E-state index is 0.0492. The Balaban J connectivity index is 1.38. The molecule has 0 radical (unpaired) electrons. The van der Waals surface area contributed by atoms with Crippen molar-refractivity contribution in [2.24, 2.45) is 0 Å². The summed E-state index contributed by atoms with van der Waals surface area (Å²) in [6.07, 6.45) is 7.55. The van der Waals surface area contributed by atoms with Crippen molar-refractivity contribution in [2.45, 2.75) is 76.9 Å². The van der Waals surface area contributed by atoms with Gasteiger partial charge in [-0.15, -0.1) is 0 Å². The molecule has 2 fully saturated rings. The molecule has 3 N–H and O–H groups in total. The molecule has 8 nitrogen and oxygen atoms in total. The van der Waals surface area contributed by atoms with Crippen LogP contribution in [0.25, 0.3) is 0 Å². The number of aryl methyl sites for hydroxylation is 1. The van der Waals surface area contributed by atoms with E-state index in [4.69, 9.17) is 4.52 Å². The first kappa shape index (κ1) is 19.7. The van der Waals surface area contributed by atoms with Crippen LogP contribution in [-0.4, -0.2) is 53.2 Å². The van der Waals surface area contributed by atoms with E-state index in [9.17, 15) is 9.59 Å². The molecule has 8 heteroatoms. The fourth-order valence-corrected chi connectivity index (χ4v) is 3.90. The minimum atomic E-state index is -0.257. The van der Waals surface area contributed by atoms with Crippen LogP contribution in [-0.2, 0) is 4.79 Å². The summed E-state index contributed by atoms with van der Waals surface area (Å²) in [7, 11) is 0. The summed E-state index contributed by atoms with van der Waals surface area (Å²) >= 11 is 0. The highest BCUT2D eigenvalue weighted by atomic mass is 16.5. The second-order valence-corrected chi connectivity index (χ2v) is 7.76. The molecule has 150 valence electrons. The molecule has 3 rings (SSSR count). The van der Waals surface area contributed by atoms with E-state index in [1.54, 1.807) is 6.07 Å². The Kier molecular flexibility index (Phi) is 6.71. The highest BCUT2D eigenvalue weighted by Gasteiger charge is 2.28. The Labute approximate surface area is 160 Å². The smallest absolute Gasteiger partial charge is 0.315 e. The van der Waals surface area contributed by atoms with Crippen LogP contribution >= 0.6 is 0 Å². The number of anilines is 1. The van der Waals surface area contributed by atoms with Gasteiger partial charge in [0.05, 0.1) is 11.7 Å². The fourth-order valence-electron chi connectivity index (χ4n) is 3.90. The van der Waals surface area contributed by atoms with E-state index >= 15 is 0 Å². The van der Waals surface area contributed by atoms with Crippen LogP contribution in [0.1, 0.15) is 57.6 Å². The Morgan fingerprint density at radius 2 is 1.74 bits per heavy atom. The van der Waals surface area contributed by atoms with Gasteiger partial charge in [0.15, 0.2) is 0 Å². The molecule has 0 bridgehead atoms. The van der Waals surface area contributed by atoms with E-state index < -0.39 is 0 Å². The second kappa shape index (κ2) is 9.21. The summed E-state index contributed by atoms with van der Waals surface area (Å²) in [5.41, 5.74) is 0.733. The van der Waals surface area contributed by atoms with Crippen molar-refractivity contribution < 1.29 is 14.1 Å². The third kappa shape index (κ3) is 5.69. The number of nitrogens with one attached hydrogen (secondary N) is 3. The van der Waals surface area contributed by atoms with Crippen LogP contribution in [0.3, 0.4) is 0 Å². The molecule has 1 aliphatic carbocycles. The van der Waals surface area contributed by atoms with Gasteiger partial charge in [-0.2, -0.15) is 0 Å². The maximum absolute atomic E-state index is 12.4. The molecule has 1 aromatic rings. The molecular formula is C19H31N5O3. The van der Waals surface area contributed by atoms with Gasteiger partial charge in [0.2, 0.25) is 11.8 Å². The number of likely N-dealkylation sites (tertiary alicyclic amines) is 1. The Morgan fingerprint density at radius 3 is 2.33 bits per heavy atom. The van der Waals surface area contributed by atoms with Gasteiger partial charge in [0.1, 0.15) is 0 Å². The topological polar surface area (TPSA) is 99.5 Å². The van der Waals surface area contributed by atoms with Gasteiger partial charge in [-0.05, 0) is 39.5 Å². The number of hydrogen-bond acceptors (Lipinski definition) is 5. The van der Waals surface area contributed by atoms with Crippen LogP contribution in [0.4, 0.5) is 10.7 Å². The van der Waals surface area contributed by atoms with Crippen molar-refractivity contribution in [1.29, 1.82) is 0 Å². The molecule has 1 saturated heterocycles. The Bertz CT molecular complexity index is 633. The second-order valence-electron chi connectivity index (χ2n) is 7.76. The molecule has 27 heavy (non-hydrogen) atoms. The first-order chi connectivity index (χ1) is 13.0. The number of urea groups is 1. The summed E-state index contributed by atoms with van der Waals surface area (Å²) < 4.78 is 5.04. The van der Waals surface area contributed by atoms with E-state index in [0.717, 1.165) is 44.5 Å². The average molecular weight is 377 g/mol. The van der Waals surface area contributed by atoms with Crippen LogP contribution in [0.5, 0.6) is 0 Å². The molecular weight excluding hydrogens is 346 g/mol. The van der Waals surface area contributed by atoms with Gasteiger partial charge >= 0.3 is 6.03 Å². The summed E-state index contributed by atoms with van der Waals surface area (Å²) in [5, 5.41) is 12.7. The molecule has 2 heterocycles. The van der Waals surface area contributed by atoms with Crippen molar-refractivity contribution >= 4 is 17.8 Å². The maximum atomic E-state index is 12.4. The molecule has 1 aliphatic heterocycles. The first-order valence-electron chi connectivity index (χ1n) is 10.1. The number of carbonyl (C=O) groups excluding carboxylic acids is 2. The van der Waals surface area contributed by atoms with Crippen LogP contribution < -0.4 is 16.0 Å². The van der Waals surface area contributed by atoms with E-state index in [1.807, 2.05) is 13.8 Å². The van der Waals surface area contributed by atoms with Gasteiger partial charge < -0.3 is 15.2 Å². The number of nitrogens with zero attached hydrogens (tertiary/aromatic N) is 2. The van der Waals surface area contributed by atoms with Gasteiger partial charge in [-0.25, -0.2) is 4.79 Å². The standard InChI is InChI=1S/C19H31N5O3/c1-13-12-17(27-23-13)22-18(25)14(2)24-10-8-16(9-11-24)21-19(26)20-15-6-4-3-5-7-15/h12,14-16H,3-11H2,1-2H3,(H,22,25)(H2,20,21,26)/t14-/m0/s1. The van der Waals surface area contributed by atoms with Crippen molar-refractivity contribution in [2.75, 3.05) is 18.4 Å². The lowest BCUT2D eigenvalue weighted by molar-refractivity contribution is -0.121. The van der Waals surface area contributed by atoms with Gasteiger partial charge in [-0.1, -0.05) is 24.4 Å². The molecule has 1 saturated carbocycles. The third-order valence-corrected chi connectivity index (χ3v) is 5.61. The lowest BCUT2D eigenvalue weighted by Crippen LogP contribution is -2.53. The number of hydrogen-bond donors (Lipinski definition) is 3. The average Bonchev–Trinajstić information content (AvgIpc) is 3.07. The molecule has 1 atom stereocenters. The van der Waals surface area contributed by atoms with Crippen LogP contribution in [0.2, 0.25) is 0 Å². The quantitative estimate of drug-likeness (QED) is 0.732. The molecule has 1 aromatic heterocycles. The fraction of sp³-hybridized carbons (Fsp3) is 0.737. The lowest BCUT2D eigenvalue weighted by Gasteiger charge is -2.35. The molecule has 0 aromatic carbocycles. The van der Waals surface area contributed by atoms with Crippen molar-refractivity contribution in [3.63, 3.8) is 0 Å². The van der Waals surface area contributed by atoms with Crippen molar-refractivity contribution in [3.05, 3.63) is 11.8 Å². The predicted molar refractivity (Wildman–Crippen MR) is 102 cm³/mol. The zero-order chi connectivity index (χ0) is 19.2. The first-order valence-corrected chi connectivity index (χ1v) is 10.1. The highest BCUT2D eigenvalue weighted by molar-refractivity contribution is 5.93. The Hall–Kier alpha value is -2.09. The summed E-state index contributed by atoms with van der Waals surface area (Å²) in [5.74, 6) is 0.271. The normalized spacial score (nSPS) is 20.8. The monoisotopic (exact) mass is 377 g/mol. The summed E-state index contributed by atoms with van der Waals surface area (Å²) in [6.45, 7) is 5.25. The molecule has 0 unspecified atom stereocenters. The van der Waals surface area contributed by atoms with Gasteiger partial charge in [-0.3, -0.25) is 15.0 Å². The minimum Gasteiger partial charge on any atom is -0.338 e. The number of piperidine rings is 1. The van der Waals surface area contributed by atoms with Crippen LogP contribution in [0.15, 0.2) is 10.6 Å². The van der Waals surface area contributed by atoms with E-state index in [-0.39, 0.29) is 24.0 Å². The summed E-state index contributed by atoms with van der Waals surface area (Å²) in [4.78, 5) is 26.7. The SMILES string of the molecule is Cc1cc(NC(=O)[C@H](C)N2CCC(NC(=O)NC3CCCCC3)CC2)on1. The lowest BCUT2D eigenvalue weighted by atomic mass is 9.96. The zero-order valence-corrected chi connectivity index (χ0v) is 16.3. The van der Waals surface area contributed by atoms with Gasteiger partial charge in [0, 0.05) is 31.2 Å². The Morgan fingerprint density at radius 1 is 1.11 bits per heavy atom. The van der Waals surface area contributed by atoms with E-state index in [1.165, 1.54) is 19.3 Å². The number of rotatable bonds is 5. The number of aromatic nitrogens is 1.